The number of rotatable bonds is 7. The fourth-order valence-corrected chi connectivity index (χ4v) is 3.93. The van der Waals surface area contributed by atoms with Crippen LogP contribution in [0.15, 0.2) is 95.6 Å². The van der Waals surface area contributed by atoms with E-state index in [1.807, 2.05) is 42.5 Å². The Morgan fingerprint density at radius 3 is 2.39 bits per heavy atom. The van der Waals surface area contributed by atoms with Crippen LogP contribution in [-0.4, -0.2) is 17.1 Å². The maximum absolute atomic E-state index is 5.66. The third-order valence-electron chi connectivity index (χ3n) is 5.63. The number of hydrogen-bond acceptors (Lipinski definition) is 5. The second kappa shape index (κ2) is 9.17. The summed E-state index contributed by atoms with van der Waals surface area (Å²) in [6.45, 7) is 3.29. The van der Waals surface area contributed by atoms with E-state index in [9.17, 15) is 0 Å². The fraction of sp³-hybridized carbons (Fsp3) is 0.143. The highest BCUT2D eigenvalue weighted by Crippen LogP contribution is 2.30. The van der Waals surface area contributed by atoms with Gasteiger partial charge in [0.05, 0.1) is 31.1 Å². The predicted octanol–water partition coefficient (Wildman–Crippen LogP) is 6.41. The van der Waals surface area contributed by atoms with Crippen LogP contribution in [0.3, 0.4) is 0 Å². The number of anilines is 1. The molecule has 2 heterocycles. The molecule has 33 heavy (non-hydrogen) atoms. The third-order valence-corrected chi connectivity index (χ3v) is 5.63. The first-order chi connectivity index (χ1) is 16.2. The summed E-state index contributed by atoms with van der Waals surface area (Å²) in [5.74, 6) is 2.36. The average Bonchev–Trinajstić information content (AvgIpc) is 3.37. The molecular weight excluding hydrogens is 410 g/mol. The molecule has 5 rings (SSSR count). The molecule has 0 saturated heterocycles. The van der Waals surface area contributed by atoms with Crippen LogP contribution < -0.4 is 9.64 Å². The van der Waals surface area contributed by atoms with Crippen LogP contribution in [0.4, 0.5) is 5.95 Å². The topological polar surface area (TPSA) is 51.4 Å². The average molecular weight is 436 g/mol. The Morgan fingerprint density at radius 1 is 0.848 bits per heavy atom. The van der Waals surface area contributed by atoms with Gasteiger partial charge < -0.3 is 14.1 Å². The summed E-state index contributed by atoms with van der Waals surface area (Å²) in [5, 5.41) is 1.05. The van der Waals surface area contributed by atoms with Crippen LogP contribution >= 0.6 is 0 Å². The van der Waals surface area contributed by atoms with Crippen LogP contribution in [0.2, 0.25) is 0 Å². The summed E-state index contributed by atoms with van der Waals surface area (Å²) in [7, 11) is 1.67. The van der Waals surface area contributed by atoms with Crippen molar-refractivity contribution in [2.45, 2.75) is 20.0 Å². The van der Waals surface area contributed by atoms with E-state index < -0.39 is 0 Å². The van der Waals surface area contributed by atoms with E-state index in [-0.39, 0.29) is 0 Å². The molecule has 0 aliphatic heterocycles. The zero-order valence-electron chi connectivity index (χ0n) is 18.7. The molecule has 0 aliphatic carbocycles. The summed E-state index contributed by atoms with van der Waals surface area (Å²) in [4.78, 5) is 12.2. The Bertz CT molecular complexity index is 1350. The van der Waals surface area contributed by atoms with Crippen LogP contribution in [-0.2, 0) is 13.1 Å². The van der Waals surface area contributed by atoms with Crippen LogP contribution in [0, 0.1) is 6.92 Å². The monoisotopic (exact) mass is 435 g/mol. The third kappa shape index (κ3) is 4.58. The number of furan rings is 1. The van der Waals surface area contributed by atoms with Crippen molar-refractivity contribution in [1.29, 1.82) is 0 Å². The Hall–Kier alpha value is -4.12. The van der Waals surface area contributed by atoms with Gasteiger partial charge in [0.15, 0.2) is 0 Å². The summed E-state index contributed by atoms with van der Waals surface area (Å²) >= 11 is 0. The van der Waals surface area contributed by atoms with E-state index >= 15 is 0 Å². The quantitative estimate of drug-likeness (QED) is 0.295. The molecule has 0 radical (unpaired) electrons. The maximum Gasteiger partial charge on any atom is 0.227 e. The molecule has 2 aromatic heterocycles. The first-order valence-electron chi connectivity index (χ1n) is 10.9. The molecule has 3 aromatic carbocycles. The second-order valence-electron chi connectivity index (χ2n) is 8.04. The first-order valence-corrected chi connectivity index (χ1v) is 10.9. The van der Waals surface area contributed by atoms with Gasteiger partial charge in [0, 0.05) is 17.5 Å². The van der Waals surface area contributed by atoms with E-state index in [4.69, 9.17) is 19.1 Å². The highest BCUT2D eigenvalue weighted by molar-refractivity contribution is 5.93. The smallest absolute Gasteiger partial charge is 0.227 e. The van der Waals surface area contributed by atoms with Crippen molar-refractivity contribution in [1.82, 2.24) is 9.97 Å². The minimum absolute atomic E-state index is 0.560. The Kier molecular flexibility index (Phi) is 5.77. The van der Waals surface area contributed by atoms with Gasteiger partial charge in [-0.05, 0) is 48.9 Å². The molecular formula is C28H25N3O2. The lowest BCUT2D eigenvalue weighted by atomic mass is 10.0. The molecule has 0 amide bonds. The van der Waals surface area contributed by atoms with Gasteiger partial charge in [0.25, 0.3) is 0 Å². The maximum atomic E-state index is 5.66. The molecule has 0 unspecified atom stereocenters. The van der Waals surface area contributed by atoms with Gasteiger partial charge in [-0.3, -0.25) is 0 Å². The van der Waals surface area contributed by atoms with E-state index in [0.717, 1.165) is 39.2 Å². The molecule has 5 heteroatoms. The number of methoxy groups -OCH3 is 1. The summed E-state index contributed by atoms with van der Waals surface area (Å²) < 4.78 is 11.0. The number of aryl methyl sites for hydroxylation is 1. The van der Waals surface area contributed by atoms with Crippen molar-refractivity contribution in [2.75, 3.05) is 12.0 Å². The Balaban J connectivity index is 1.62. The Labute approximate surface area is 193 Å². The van der Waals surface area contributed by atoms with Gasteiger partial charge in [-0.25, -0.2) is 9.97 Å². The zero-order valence-corrected chi connectivity index (χ0v) is 18.7. The lowest BCUT2D eigenvalue weighted by Gasteiger charge is -2.23. The highest BCUT2D eigenvalue weighted by atomic mass is 16.5. The number of ether oxygens (including phenoxy) is 1. The molecule has 5 nitrogen and oxygen atoms in total. The number of nitrogens with zero attached hydrogens (tertiary/aromatic N) is 3. The molecule has 0 fully saturated rings. The van der Waals surface area contributed by atoms with Crippen LogP contribution in [0.1, 0.15) is 16.9 Å². The molecule has 0 aliphatic rings. The van der Waals surface area contributed by atoms with Gasteiger partial charge in [-0.2, -0.15) is 0 Å². The standard InChI is InChI=1S/C28H25N3O2/c1-20-10-15-26-25(17-20)27(22-7-4-3-5-8-22)30-28(29-26)31(19-24-9-6-16-33-24)18-21-11-13-23(32-2)14-12-21/h3-17H,18-19H2,1-2H3. The van der Waals surface area contributed by atoms with Crippen molar-refractivity contribution >= 4 is 16.9 Å². The lowest BCUT2D eigenvalue weighted by molar-refractivity contribution is 0.414. The van der Waals surface area contributed by atoms with Gasteiger partial charge in [-0.1, -0.05) is 54.1 Å². The van der Waals surface area contributed by atoms with E-state index in [1.54, 1.807) is 13.4 Å². The van der Waals surface area contributed by atoms with E-state index in [2.05, 4.69) is 54.3 Å². The van der Waals surface area contributed by atoms with Gasteiger partial charge >= 0.3 is 0 Å². The number of hydrogen-bond donors (Lipinski definition) is 0. The molecule has 0 spiro atoms. The highest BCUT2D eigenvalue weighted by Gasteiger charge is 2.17. The molecule has 164 valence electrons. The van der Waals surface area contributed by atoms with Crippen molar-refractivity contribution in [3.05, 3.63) is 108 Å². The summed E-state index contributed by atoms with van der Waals surface area (Å²) in [6.07, 6.45) is 1.69. The largest absolute Gasteiger partial charge is 0.497 e. The molecule has 0 bridgehead atoms. The van der Waals surface area contributed by atoms with E-state index in [1.165, 1.54) is 5.56 Å². The van der Waals surface area contributed by atoms with Crippen LogP contribution in [0.25, 0.3) is 22.2 Å². The van der Waals surface area contributed by atoms with Crippen molar-refractivity contribution in [3.63, 3.8) is 0 Å². The van der Waals surface area contributed by atoms with E-state index in [0.29, 0.717) is 19.0 Å². The Morgan fingerprint density at radius 2 is 1.67 bits per heavy atom. The minimum Gasteiger partial charge on any atom is -0.497 e. The number of fused-ring (bicyclic) bond motifs is 1. The van der Waals surface area contributed by atoms with Gasteiger partial charge in [-0.15, -0.1) is 0 Å². The summed E-state index contributed by atoms with van der Waals surface area (Å²) in [6, 6.07) is 28.6. The predicted molar refractivity (Wildman–Crippen MR) is 131 cm³/mol. The van der Waals surface area contributed by atoms with Gasteiger partial charge in [0.2, 0.25) is 5.95 Å². The molecule has 5 aromatic rings. The number of benzene rings is 3. The first kappa shape index (κ1) is 20.8. The molecule has 0 atom stereocenters. The lowest BCUT2D eigenvalue weighted by Crippen LogP contribution is -2.24. The molecule has 0 N–H and O–H groups in total. The van der Waals surface area contributed by atoms with Crippen molar-refractivity contribution in [2.24, 2.45) is 0 Å². The number of aromatic nitrogens is 2. The summed E-state index contributed by atoms with van der Waals surface area (Å²) in [5.41, 5.74) is 5.24. The van der Waals surface area contributed by atoms with Gasteiger partial charge in [0.1, 0.15) is 11.5 Å². The molecule has 0 saturated carbocycles. The van der Waals surface area contributed by atoms with Crippen molar-refractivity contribution in [3.8, 4) is 17.0 Å². The van der Waals surface area contributed by atoms with Crippen LogP contribution in [0.5, 0.6) is 5.75 Å². The second-order valence-corrected chi connectivity index (χ2v) is 8.04. The van der Waals surface area contributed by atoms with Crippen molar-refractivity contribution < 1.29 is 9.15 Å². The fourth-order valence-electron chi connectivity index (χ4n) is 3.93. The minimum atomic E-state index is 0.560. The zero-order chi connectivity index (χ0) is 22.6. The normalized spacial score (nSPS) is 11.0. The SMILES string of the molecule is COc1ccc(CN(Cc2ccco2)c2nc(-c3ccccc3)c3cc(C)ccc3n2)cc1.